The van der Waals surface area contributed by atoms with Crippen molar-refractivity contribution in [3.63, 3.8) is 0 Å². The molecule has 26 heavy (non-hydrogen) atoms. The molecule has 2 rings (SSSR count). The van der Waals surface area contributed by atoms with E-state index in [2.05, 4.69) is 15.8 Å². The molecular formula is C19H22N4O3. The average molecular weight is 354 g/mol. The van der Waals surface area contributed by atoms with E-state index in [1.165, 1.54) is 0 Å². The second kappa shape index (κ2) is 9.22. The van der Waals surface area contributed by atoms with E-state index in [0.29, 0.717) is 11.3 Å². The molecule has 0 aliphatic carbocycles. The van der Waals surface area contributed by atoms with E-state index in [1.807, 2.05) is 43.3 Å². The summed E-state index contributed by atoms with van der Waals surface area (Å²) < 4.78 is 0. The number of hydrogen-bond acceptors (Lipinski definition) is 5. The van der Waals surface area contributed by atoms with Crippen LogP contribution in [0.1, 0.15) is 15.9 Å². The van der Waals surface area contributed by atoms with Gasteiger partial charge >= 0.3 is 0 Å². The highest BCUT2D eigenvalue weighted by Crippen LogP contribution is 2.11. The molecule has 2 N–H and O–H groups in total. The van der Waals surface area contributed by atoms with Crippen LogP contribution in [0, 0.1) is 0 Å². The Kier molecular flexibility index (Phi) is 6.73. The summed E-state index contributed by atoms with van der Waals surface area (Å²) in [6.07, 6.45) is 1.54. The molecule has 0 saturated heterocycles. The number of amides is 2. The van der Waals surface area contributed by atoms with Gasteiger partial charge in [-0.3, -0.25) is 9.59 Å². The van der Waals surface area contributed by atoms with Crippen molar-refractivity contribution in [2.24, 2.45) is 5.16 Å². The van der Waals surface area contributed by atoms with E-state index in [-0.39, 0.29) is 18.4 Å². The van der Waals surface area contributed by atoms with Gasteiger partial charge in [0.1, 0.15) is 0 Å². The number of oxime groups is 1. The molecule has 7 heteroatoms. The zero-order valence-electron chi connectivity index (χ0n) is 15.0. The van der Waals surface area contributed by atoms with Gasteiger partial charge in [0.05, 0.1) is 6.21 Å². The third-order valence-corrected chi connectivity index (χ3v) is 3.52. The van der Waals surface area contributed by atoms with E-state index in [0.717, 1.165) is 11.3 Å². The molecule has 0 saturated carbocycles. The zero-order valence-corrected chi connectivity index (χ0v) is 15.0. The number of hydrogen-bond donors (Lipinski definition) is 2. The molecule has 136 valence electrons. The Labute approximate surface area is 152 Å². The first-order valence-electron chi connectivity index (χ1n) is 8.04. The van der Waals surface area contributed by atoms with E-state index < -0.39 is 0 Å². The van der Waals surface area contributed by atoms with E-state index in [4.69, 9.17) is 4.84 Å². The normalized spacial score (nSPS) is 10.4. The molecule has 2 aromatic carbocycles. The van der Waals surface area contributed by atoms with Crippen molar-refractivity contribution >= 4 is 29.4 Å². The van der Waals surface area contributed by atoms with Crippen molar-refractivity contribution in [3.05, 3.63) is 59.7 Å². The van der Waals surface area contributed by atoms with Gasteiger partial charge in [0.25, 0.3) is 11.8 Å². The maximum Gasteiger partial charge on any atom is 0.265 e. The molecule has 7 nitrogen and oxygen atoms in total. The lowest BCUT2D eigenvalue weighted by atomic mass is 10.2. The number of anilines is 2. The lowest BCUT2D eigenvalue weighted by molar-refractivity contribution is -0.120. The lowest BCUT2D eigenvalue weighted by Gasteiger charge is -2.11. The van der Waals surface area contributed by atoms with Gasteiger partial charge < -0.3 is 20.4 Å². The van der Waals surface area contributed by atoms with Crippen LogP contribution in [0.4, 0.5) is 11.4 Å². The third-order valence-electron chi connectivity index (χ3n) is 3.52. The van der Waals surface area contributed by atoms with Gasteiger partial charge in [0.2, 0.25) is 0 Å². The van der Waals surface area contributed by atoms with Crippen molar-refractivity contribution in [3.8, 4) is 0 Å². The van der Waals surface area contributed by atoms with Gasteiger partial charge in [0.15, 0.2) is 6.61 Å². The van der Waals surface area contributed by atoms with Gasteiger partial charge in [-0.05, 0) is 35.9 Å². The Balaban J connectivity index is 1.82. The molecule has 0 atom stereocenters. The predicted molar refractivity (Wildman–Crippen MR) is 103 cm³/mol. The minimum atomic E-state index is -0.362. The van der Waals surface area contributed by atoms with Crippen LogP contribution in [0.5, 0.6) is 0 Å². The molecule has 0 aliphatic heterocycles. The summed E-state index contributed by atoms with van der Waals surface area (Å²) in [5.41, 5.74) is 2.93. The summed E-state index contributed by atoms with van der Waals surface area (Å²) in [5.74, 6) is -0.582. The van der Waals surface area contributed by atoms with Crippen LogP contribution in [0.2, 0.25) is 0 Å². The van der Waals surface area contributed by atoms with E-state index >= 15 is 0 Å². The molecule has 0 fully saturated rings. The topological polar surface area (TPSA) is 83.0 Å². The Morgan fingerprint density at radius 3 is 2.54 bits per heavy atom. The van der Waals surface area contributed by atoms with Crippen molar-refractivity contribution in [2.75, 3.05) is 38.0 Å². The Bertz CT molecular complexity index is 786. The van der Waals surface area contributed by atoms with Crippen molar-refractivity contribution in [2.45, 2.75) is 0 Å². The zero-order chi connectivity index (χ0) is 18.9. The monoisotopic (exact) mass is 354 g/mol. The number of benzene rings is 2. The van der Waals surface area contributed by atoms with Crippen LogP contribution in [-0.4, -0.2) is 45.8 Å². The van der Waals surface area contributed by atoms with Crippen molar-refractivity contribution in [1.82, 2.24) is 5.32 Å². The summed E-state index contributed by atoms with van der Waals surface area (Å²) in [4.78, 5) is 30.5. The molecule has 0 aromatic heterocycles. The number of nitrogens with zero attached hydrogens (tertiary/aromatic N) is 2. The van der Waals surface area contributed by atoms with Gasteiger partial charge in [-0.25, -0.2) is 0 Å². The highest BCUT2D eigenvalue weighted by Gasteiger charge is 2.06. The molecule has 2 amide bonds. The second-order valence-electron chi connectivity index (χ2n) is 5.70. The SMILES string of the molecule is CNC(=O)c1cccc(NC(=O)CO/N=C/c2ccc(N(C)C)cc2)c1. The van der Waals surface area contributed by atoms with Crippen LogP contribution < -0.4 is 15.5 Å². The second-order valence-corrected chi connectivity index (χ2v) is 5.70. The van der Waals surface area contributed by atoms with Gasteiger partial charge in [0, 0.05) is 38.1 Å². The van der Waals surface area contributed by atoms with Gasteiger partial charge in [-0.2, -0.15) is 0 Å². The fourth-order valence-electron chi connectivity index (χ4n) is 2.13. The number of carbonyl (C=O) groups excluding carboxylic acids is 2. The summed E-state index contributed by atoms with van der Waals surface area (Å²) in [7, 11) is 5.48. The van der Waals surface area contributed by atoms with Crippen LogP contribution >= 0.6 is 0 Å². The highest BCUT2D eigenvalue weighted by atomic mass is 16.6. The largest absolute Gasteiger partial charge is 0.386 e. The molecule has 0 heterocycles. The molecule has 0 aliphatic rings. The smallest absolute Gasteiger partial charge is 0.265 e. The quantitative estimate of drug-likeness (QED) is 0.589. The highest BCUT2D eigenvalue weighted by molar-refractivity contribution is 5.97. The third kappa shape index (κ3) is 5.62. The minimum absolute atomic E-state index is 0.220. The van der Waals surface area contributed by atoms with Crippen LogP contribution in [0.25, 0.3) is 0 Å². The van der Waals surface area contributed by atoms with E-state index in [9.17, 15) is 9.59 Å². The number of rotatable bonds is 7. The molecule has 0 radical (unpaired) electrons. The molecule has 0 spiro atoms. The Hall–Kier alpha value is -3.35. The summed E-state index contributed by atoms with van der Waals surface area (Å²) in [5, 5.41) is 8.98. The number of nitrogens with one attached hydrogen (secondary N) is 2. The Morgan fingerprint density at radius 2 is 1.88 bits per heavy atom. The van der Waals surface area contributed by atoms with Crippen molar-refractivity contribution in [1.29, 1.82) is 0 Å². The molecule has 0 bridgehead atoms. The van der Waals surface area contributed by atoms with Crippen LogP contribution in [0.3, 0.4) is 0 Å². The predicted octanol–water partition coefficient (Wildman–Crippen LogP) is 2.10. The summed E-state index contributed by atoms with van der Waals surface area (Å²) in [6.45, 7) is -0.226. The standard InChI is InChI=1S/C19H22N4O3/c1-20-19(25)15-5-4-6-16(11-15)22-18(24)13-26-21-12-14-7-9-17(10-8-14)23(2)3/h4-12H,13H2,1-3H3,(H,20,25)(H,22,24)/b21-12+. The summed E-state index contributed by atoms with van der Waals surface area (Å²) in [6, 6.07) is 14.4. The van der Waals surface area contributed by atoms with Crippen molar-refractivity contribution < 1.29 is 14.4 Å². The fourth-order valence-corrected chi connectivity index (χ4v) is 2.13. The first-order chi connectivity index (χ1) is 12.5. The molecular weight excluding hydrogens is 332 g/mol. The number of carbonyl (C=O) groups is 2. The molecule has 0 unspecified atom stereocenters. The first kappa shape index (κ1) is 19.0. The maximum absolute atomic E-state index is 11.9. The van der Waals surface area contributed by atoms with E-state index in [1.54, 1.807) is 37.5 Å². The first-order valence-corrected chi connectivity index (χ1v) is 8.04. The fraction of sp³-hybridized carbons (Fsp3) is 0.211. The van der Waals surface area contributed by atoms with Gasteiger partial charge in [-0.1, -0.05) is 23.4 Å². The molecule has 2 aromatic rings. The van der Waals surface area contributed by atoms with Crippen LogP contribution in [0.15, 0.2) is 53.7 Å². The van der Waals surface area contributed by atoms with Gasteiger partial charge in [-0.15, -0.1) is 0 Å². The minimum Gasteiger partial charge on any atom is -0.386 e. The average Bonchev–Trinajstić information content (AvgIpc) is 2.65. The maximum atomic E-state index is 11.9. The Morgan fingerprint density at radius 1 is 1.15 bits per heavy atom. The van der Waals surface area contributed by atoms with Crippen LogP contribution in [-0.2, 0) is 9.63 Å². The lowest BCUT2D eigenvalue weighted by Crippen LogP contribution is -2.19. The summed E-state index contributed by atoms with van der Waals surface area (Å²) >= 11 is 0.